The van der Waals surface area contributed by atoms with Crippen molar-refractivity contribution in [3.05, 3.63) is 34.6 Å². The summed E-state index contributed by atoms with van der Waals surface area (Å²) in [5, 5.41) is 2.98. The minimum atomic E-state index is -0.447. The molecule has 0 saturated heterocycles. The Morgan fingerprint density at radius 3 is 2.71 bits per heavy atom. The van der Waals surface area contributed by atoms with Gasteiger partial charge in [-0.3, -0.25) is 4.79 Å². The summed E-state index contributed by atoms with van der Waals surface area (Å²) in [5.74, 6) is 0.453. The maximum Gasteiger partial charge on any atom is 0.225 e. The summed E-state index contributed by atoms with van der Waals surface area (Å²) in [7, 11) is 0. The van der Waals surface area contributed by atoms with Crippen molar-refractivity contribution >= 4 is 29.9 Å². The first-order valence-corrected chi connectivity index (χ1v) is 7.41. The quantitative estimate of drug-likeness (QED) is 0.894. The molecule has 2 fully saturated rings. The van der Waals surface area contributed by atoms with Crippen molar-refractivity contribution in [3.8, 4) is 0 Å². The van der Waals surface area contributed by atoms with Crippen molar-refractivity contribution in [2.24, 2.45) is 23.5 Å². The molecule has 4 atom stereocenters. The summed E-state index contributed by atoms with van der Waals surface area (Å²) in [6, 6.07) is 4.47. The number of carbonyl (C=O) groups excluding carboxylic acids is 1. The number of halogens is 3. The number of hydrogen-bond donors (Lipinski definition) is 2. The third kappa shape index (κ3) is 3.17. The molecule has 6 heteroatoms. The lowest BCUT2D eigenvalue weighted by atomic mass is 9.84. The van der Waals surface area contributed by atoms with Crippen molar-refractivity contribution in [3.63, 3.8) is 0 Å². The van der Waals surface area contributed by atoms with Crippen molar-refractivity contribution < 1.29 is 9.18 Å². The Labute approximate surface area is 134 Å². The highest BCUT2D eigenvalue weighted by molar-refractivity contribution is 6.30. The topological polar surface area (TPSA) is 55.1 Å². The van der Waals surface area contributed by atoms with E-state index in [-0.39, 0.29) is 35.3 Å². The third-order valence-electron chi connectivity index (χ3n) is 4.73. The lowest BCUT2D eigenvalue weighted by molar-refractivity contribution is -0.127. The van der Waals surface area contributed by atoms with Gasteiger partial charge in [0.25, 0.3) is 0 Å². The fourth-order valence-electron chi connectivity index (χ4n) is 3.68. The average molecular weight is 333 g/mol. The number of benzene rings is 1. The zero-order valence-electron chi connectivity index (χ0n) is 11.5. The summed E-state index contributed by atoms with van der Waals surface area (Å²) in [5.41, 5.74) is 6.94. The van der Waals surface area contributed by atoms with Gasteiger partial charge < -0.3 is 11.1 Å². The molecule has 3 nitrogen and oxygen atoms in total. The molecule has 4 unspecified atom stereocenters. The van der Waals surface area contributed by atoms with E-state index in [4.69, 9.17) is 17.3 Å². The van der Waals surface area contributed by atoms with Crippen LogP contribution in [0.2, 0.25) is 5.02 Å². The van der Waals surface area contributed by atoms with Gasteiger partial charge in [-0.05, 0) is 48.8 Å². The van der Waals surface area contributed by atoms with Gasteiger partial charge in [-0.1, -0.05) is 17.7 Å². The zero-order valence-corrected chi connectivity index (χ0v) is 13.1. The second kappa shape index (κ2) is 6.51. The van der Waals surface area contributed by atoms with Crippen LogP contribution in [-0.4, -0.2) is 11.9 Å². The van der Waals surface area contributed by atoms with Crippen LogP contribution in [0, 0.1) is 23.6 Å². The molecule has 0 heterocycles. The maximum absolute atomic E-state index is 13.1. The number of rotatable bonds is 3. The average Bonchev–Trinajstić information content (AvgIpc) is 3.00. The molecule has 1 amide bonds. The molecular formula is C15H19Cl2FN2O. The Kier molecular flexibility index (Phi) is 5.12. The van der Waals surface area contributed by atoms with Crippen LogP contribution in [0.1, 0.15) is 24.8 Å². The molecule has 1 aromatic rings. The summed E-state index contributed by atoms with van der Waals surface area (Å²) in [4.78, 5) is 12.3. The van der Waals surface area contributed by atoms with Crippen LogP contribution in [0.15, 0.2) is 18.2 Å². The van der Waals surface area contributed by atoms with Crippen LogP contribution < -0.4 is 11.1 Å². The van der Waals surface area contributed by atoms with E-state index in [1.54, 1.807) is 6.07 Å². The minimum absolute atomic E-state index is 0. The molecule has 2 aliphatic carbocycles. The Morgan fingerprint density at radius 2 is 2.10 bits per heavy atom. The van der Waals surface area contributed by atoms with Crippen molar-refractivity contribution in [2.45, 2.75) is 31.8 Å². The molecular weight excluding hydrogens is 314 g/mol. The molecule has 0 radical (unpaired) electrons. The molecule has 2 aliphatic rings. The number of nitrogens with two attached hydrogens (primary N) is 1. The summed E-state index contributed by atoms with van der Waals surface area (Å²) >= 11 is 5.72. The molecule has 2 bridgehead atoms. The molecule has 3 rings (SSSR count). The number of nitrogens with one attached hydrogen (secondary N) is 1. The molecule has 3 N–H and O–H groups in total. The summed E-state index contributed by atoms with van der Waals surface area (Å²) in [6.45, 7) is 0.361. The smallest absolute Gasteiger partial charge is 0.225 e. The fraction of sp³-hybridized carbons (Fsp3) is 0.533. The van der Waals surface area contributed by atoms with Crippen LogP contribution in [-0.2, 0) is 11.3 Å². The SMILES string of the molecule is Cl.NC1C2CCC(C2)C1C(=O)NCc1ccc(F)c(Cl)c1. The number of amides is 1. The van der Waals surface area contributed by atoms with E-state index in [0.717, 1.165) is 24.8 Å². The largest absolute Gasteiger partial charge is 0.352 e. The summed E-state index contributed by atoms with van der Waals surface area (Å²) in [6.07, 6.45) is 3.35. The van der Waals surface area contributed by atoms with Crippen LogP contribution in [0.3, 0.4) is 0 Å². The second-order valence-electron chi connectivity index (χ2n) is 5.90. The van der Waals surface area contributed by atoms with Gasteiger partial charge >= 0.3 is 0 Å². The lowest BCUT2D eigenvalue weighted by Crippen LogP contribution is -2.45. The van der Waals surface area contributed by atoms with Crippen molar-refractivity contribution in [1.29, 1.82) is 0 Å². The lowest BCUT2D eigenvalue weighted by Gasteiger charge is -2.27. The number of hydrogen-bond acceptors (Lipinski definition) is 2. The van der Waals surface area contributed by atoms with E-state index < -0.39 is 5.82 Å². The Bertz CT molecular complexity index is 538. The fourth-order valence-corrected chi connectivity index (χ4v) is 3.88. The minimum Gasteiger partial charge on any atom is -0.352 e. The molecule has 0 aliphatic heterocycles. The maximum atomic E-state index is 13.1. The highest BCUT2D eigenvalue weighted by Gasteiger charge is 2.48. The predicted molar refractivity (Wildman–Crippen MR) is 82.8 cm³/mol. The molecule has 0 spiro atoms. The van der Waals surface area contributed by atoms with E-state index in [0.29, 0.717) is 18.4 Å². The van der Waals surface area contributed by atoms with Gasteiger partial charge in [-0.2, -0.15) is 0 Å². The first kappa shape index (κ1) is 16.5. The Morgan fingerprint density at radius 1 is 1.38 bits per heavy atom. The van der Waals surface area contributed by atoms with Gasteiger partial charge in [0.15, 0.2) is 0 Å². The standard InChI is InChI=1S/C15H18ClFN2O.ClH/c16-11-5-8(1-4-12(11)17)7-19-15(20)13-9-2-3-10(6-9)14(13)18;/h1,4-5,9-10,13-14H,2-3,6-7,18H2,(H,19,20);1H. The highest BCUT2D eigenvalue weighted by Crippen LogP contribution is 2.47. The first-order valence-electron chi connectivity index (χ1n) is 7.03. The van der Waals surface area contributed by atoms with E-state index in [9.17, 15) is 9.18 Å². The Balaban J connectivity index is 0.00000161. The monoisotopic (exact) mass is 332 g/mol. The second-order valence-corrected chi connectivity index (χ2v) is 6.31. The van der Waals surface area contributed by atoms with Crippen molar-refractivity contribution in [2.75, 3.05) is 0 Å². The van der Waals surface area contributed by atoms with Crippen molar-refractivity contribution in [1.82, 2.24) is 5.32 Å². The number of carbonyl (C=O) groups is 1. The van der Waals surface area contributed by atoms with Gasteiger partial charge in [0.1, 0.15) is 5.82 Å². The molecule has 116 valence electrons. The molecule has 2 saturated carbocycles. The van der Waals surface area contributed by atoms with Crippen LogP contribution in [0.25, 0.3) is 0 Å². The normalized spacial score (nSPS) is 30.0. The van der Waals surface area contributed by atoms with E-state index in [1.807, 2.05) is 0 Å². The third-order valence-corrected chi connectivity index (χ3v) is 5.02. The van der Waals surface area contributed by atoms with Crippen LogP contribution in [0.5, 0.6) is 0 Å². The predicted octanol–water partition coefficient (Wildman–Crippen LogP) is 2.89. The van der Waals surface area contributed by atoms with Gasteiger partial charge in [-0.15, -0.1) is 12.4 Å². The van der Waals surface area contributed by atoms with Crippen LogP contribution >= 0.6 is 24.0 Å². The first-order chi connectivity index (χ1) is 9.56. The molecule has 0 aromatic heterocycles. The summed E-state index contributed by atoms with van der Waals surface area (Å²) < 4.78 is 13.1. The van der Waals surface area contributed by atoms with Gasteiger partial charge in [0.05, 0.1) is 10.9 Å². The molecule has 1 aromatic carbocycles. The number of fused-ring (bicyclic) bond motifs is 2. The zero-order chi connectivity index (χ0) is 14.3. The highest BCUT2D eigenvalue weighted by atomic mass is 35.5. The van der Waals surface area contributed by atoms with Gasteiger partial charge in [-0.25, -0.2) is 4.39 Å². The Hall–Kier alpha value is -0.840. The van der Waals surface area contributed by atoms with E-state index >= 15 is 0 Å². The van der Waals surface area contributed by atoms with E-state index in [2.05, 4.69) is 5.32 Å². The van der Waals surface area contributed by atoms with Crippen LogP contribution in [0.4, 0.5) is 4.39 Å². The molecule has 21 heavy (non-hydrogen) atoms. The van der Waals surface area contributed by atoms with E-state index in [1.165, 1.54) is 12.1 Å². The van der Waals surface area contributed by atoms with Gasteiger partial charge in [0.2, 0.25) is 5.91 Å². The van der Waals surface area contributed by atoms with Gasteiger partial charge in [0, 0.05) is 12.6 Å².